The highest BCUT2D eigenvalue weighted by Gasteiger charge is 2.16. The van der Waals surface area contributed by atoms with E-state index >= 15 is 0 Å². The van der Waals surface area contributed by atoms with Gasteiger partial charge >= 0.3 is 5.97 Å². The van der Waals surface area contributed by atoms with Gasteiger partial charge in [-0.2, -0.15) is 5.10 Å². The van der Waals surface area contributed by atoms with E-state index in [1.165, 1.54) is 0 Å². The maximum absolute atomic E-state index is 11.1. The van der Waals surface area contributed by atoms with Crippen LogP contribution in [-0.2, 0) is 12.8 Å². The van der Waals surface area contributed by atoms with Crippen LogP contribution in [0.3, 0.4) is 0 Å². The van der Waals surface area contributed by atoms with Crippen molar-refractivity contribution in [1.82, 2.24) is 10.2 Å². The number of nitrogen functional groups attached to an aromatic ring is 1. The van der Waals surface area contributed by atoms with E-state index in [-0.39, 0.29) is 5.56 Å². The molecular formula is C14H17N3O2. The molecule has 0 fully saturated rings. The number of aromatic carboxylic acids is 1. The van der Waals surface area contributed by atoms with Crippen molar-refractivity contribution >= 4 is 11.7 Å². The Morgan fingerprint density at radius 2 is 2.11 bits per heavy atom. The molecular weight excluding hydrogens is 242 g/mol. The van der Waals surface area contributed by atoms with Crippen molar-refractivity contribution < 1.29 is 9.90 Å². The number of aromatic amines is 1. The summed E-state index contributed by atoms with van der Waals surface area (Å²) >= 11 is 0. The minimum atomic E-state index is -0.940. The maximum Gasteiger partial charge on any atom is 0.339 e. The Morgan fingerprint density at radius 1 is 1.37 bits per heavy atom. The van der Waals surface area contributed by atoms with E-state index in [2.05, 4.69) is 10.2 Å². The monoisotopic (exact) mass is 259 g/mol. The number of carboxylic acid groups (broad SMARTS) is 1. The highest BCUT2D eigenvalue weighted by atomic mass is 16.4. The van der Waals surface area contributed by atoms with Crippen LogP contribution < -0.4 is 5.73 Å². The Bertz CT molecular complexity index is 617. The molecule has 1 aromatic carbocycles. The summed E-state index contributed by atoms with van der Waals surface area (Å²) in [4.78, 5) is 11.1. The molecule has 2 aromatic rings. The van der Waals surface area contributed by atoms with Crippen molar-refractivity contribution in [3.8, 4) is 0 Å². The number of nitrogens with one attached hydrogen (secondary N) is 1. The third kappa shape index (κ3) is 2.76. The van der Waals surface area contributed by atoms with Gasteiger partial charge in [0.05, 0.1) is 5.69 Å². The molecule has 1 aromatic heterocycles. The number of benzene rings is 1. The molecule has 0 atom stereocenters. The molecule has 0 unspecified atom stereocenters. The predicted octanol–water partition coefficient (Wildman–Crippen LogP) is 2.09. The van der Waals surface area contributed by atoms with Gasteiger partial charge in [-0.1, -0.05) is 12.1 Å². The first kappa shape index (κ1) is 13.1. The molecule has 19 heavy (non-hydrogen) atoms. The van der Waals surface area contributed by atoms with Crippen molar-refractivity contribution in [3.63, 3.8) is 0 Å². The second-order valence-corrected chi connectivity index (χ2v) is 4.67. The number of carbonyl (C=O) groups is 1. The summed E-state index contributed by atoms with van der Waals surface area (Å²) < 4.78 is 0. The topological polar surface area (TPSA) is 92.0 Å². The summed E-state index contributed by atoms with van der Waals surface area (Å²) in [6.07, 6.45) is 1.30. The first-order valence-electron chi connectivity index (χ1n) is 6.11. The average Bonchev–Trinajstić information content (AvgIpc) is 2.72. The Morgan fingerprint density at radius 3 is 2.74 bits per heavy atom. The van der Waals surface area contributed by atoms with Crippen molar-refractivity contribution in [3.05, 3.63) is 46.3 Å². The van der Waals surface area contributed by atoms with Crippen LogP contribution in [0, 0.1) is 13.8 Å². The Balaban J connectivity index is 2.14. The van der Waals surface area contributed by atoms with Crippen LogP contribution in [0.25, 0.3) is 0 Å². The van der Waals surface area contributed by atoms with Crippen LogP contribution in [0.15, 0.2) is 18.2 Å². The van der Waals surface area contributed by atoms with Gasteiger partial charge in [-0.15, -0.1) is 0 Å². The fourth-order valence-electron chi connectivity index (χ4n) is 2.05. The van der Waals surface area contributed by atoms with E-state index in [1.54, 1.807) is 6.92 Å². The molecule has 0 spiro atoms. The van der Waals surface area contributed by atoms with Crippen molar-refractivity contribution in [2.45, 2.75) is 26.7 Å². The average molecular weight is 259 g/mol. The lowest BCUT2D eigenvalue weighted by atomic mass is 10.0. The number of anilines is 1. The second-order valence-electron chi connectivity index (χ2n) is 4.67. The fourth-order valence-corrected chi connectivity index (χ4v) is 2.05. The number of aryl methyl sites for hydroxylation is 4. The van der Waals surface area contributed by atoms with Gasteiger partial charge < -0.3 is 10.8 Å². The lowest BCUT2D eigenvalue weighted by molar-refractivity contribution is 0.0695. The standard InChI is InChI=1S/C14H17N3O2/c1-8-3-4-10(7-11(8)15)5-6-12-13(14(18)19)9(2)16-17-12/h3-4,7H,5-6,15H2,1-2H3,(H,16,17)(H,18,19). The number of nitrogens with two attached hydrogens (primary N) is 1. The van der Waals surface area contributed by atoms with Gasteiger partial charge in [0.15, 0.2) is 0 Å². The van der Waals surface area contributed by atoms with Crippen LogP contribution in [0.1, 0.15) is 32.9 Å². The van der Waals surface area contributed by atoms with Crippen molar-refractivity contribution in [2.75, 3.05) is 5.73 Å². The maximum atomic E-state index is 11.1. The van der Waals surface area contributed by atoms with E-state index < -0.39 is 5.97 Å². The van der Waals surface area contributed by atoms with Gasteiger partial charge in [-0.3, -0.25) is 5.10 Å². The SMILES string of the molecule is Cc1ccc(CCc2n[nH]c(C)c2C(=O)O)cc1N. The van der Waals surface area contributed by atoms with E-state index in [0.29, 0.717) is 17.8 Å². The third-order valence-corrected chi connectivity index (χ3v) is 3.23. The fraction of sp³-hybridized carbons (Fsp3) is 0.286. The molecule has 5 nitrogen and oxygen atoms in total. The number of hydrogen-bond acceptors (Lipinski definition) is 3. The summed E-state index contributed by atoms with van der Waals surface area (Å²) in [6, 6.07) is 5.90. The largest absolute Gasteiger partial charge is 0.478 e. The quantitative estimate of drug-likeness (QED) is 0.733. The van der Waals surface area contributed by atoms with Gasteiger partial charge in [-0.25, -0.2) is 4.79 Å². The van der Waals surface area contributed by atoms with E-state index in [4.69, 9.17) is 10.8 Å². The summed E-state index contributed by atoms with van der Waals surface area (Å²) in [5, 5.41) is 15.9. The Hall–Kier alpha value is -2.30. The molecule has 2 rings (SSSR count). The van der Waals surface area contributed by atoms with E-state index in [0.717, 1.165) is 23.2 Å². The Labute approximate surface area is 111 Å². The number of H-pyrrole nitrogens is 1. The molecule has 0 aliphatic rings. The summed E-state index contributed by atoms with van der Waals surface area (Å²) in [6.45, 7) is 3.67. The van der Waals surface area contributed by atoms with E-state index in [1.807, 2.05) is 25.1 Å². The zero-order chi connectivity index (χ0) is 14.0. The zero-order valence-corrected chi connectivity index (χ0v) is 11.0. The number of rotatable bonds is 4. The minimum Gasteiger partial charge on any atom is -0.478 e. The molecule has 0 aliphatic carbocycles. The van der Waals surface area contributed by atoms with Gasteiger partial charge in [-0.05, 0) is 43.9 Å². The van der Waals surface area contributed by atoms with Crippen LogP contribution >= 0.6 is 0 Å². The Kier molecular flexibility index (Phi) is 3.55. The normalized spacial score (nSPS) is 10.6. The van der Waals surface area contributed by atoms with Crippen LogP contribution in [0.2, 0.25) is 0 Å². The molecule has 5 heteroatoms. The van der Waals surface area contributed by atoms with Crippen molar-refractivity contribution in [1.29, 1.82) is 0 Å². The second kappa shape index (κ2) is 5.14. The molecule has 0 radical (unpaired) electrons. The number of nitrogens with zero attached hydrogens (tertiary/aromatic N) is 1. The van der Waals surface area contributed by atoms with Crippen LogP contribution in [0.4, 0.5) is 5.69 Å². The molecule has 1 heterocycles. The molecule has 0 saturated carbocycles. The zero-order valence-electron chi connectivity index (χ0n) is 11.0. The first-order valence-corrected chi connectivity index (χ1v) is 6.11. The molecule has 0 amide bonds. The van der Waals surface area contributed by atoms with Gasteiger partial charge in [0.25, 0.3) is 0 Å². The molecule has 4 N–H and O–H groups in total. The third-order valence-electron chi connectivity index (χ3n) is 3.23. The minimum absolute atomic E-state index is 0.278. The van der Waals surface area contributed by atoms with Crippen LogP contribution in [-0.4, -0.2) is 21.3 Å². The molecule has 0 aliphatic heterocycles. The van der Waals surface area contributed by atoms with Gasteiger partial charge in [0.1, 0.15) is 5.56 Å². The van der Waals surface area contributed by atoms with Gasteiger partial charge in [0.2, 0.25) is 0 Å². The van der Waals surface area contributed by atoms with Crippen LogP contribution in [0.5, 0.6) is 0 Å². The number of aromatic nitrogens is 2. The molecule has 0 bridgehead atoms. The van der Waals surface area contributed by atoms with Gasteiger partial charge in [0, 0.05) is 11.4 Å². The number of hydrogen-bond donors (Lipinski definition) is 3. The smallest absolute Gasteiger partial charge is 0.339 e. The molecule has 100 valence electrons. The highest BCUT2D eigenvalue weighted by molar-refractivity contribution is 5.90. The highest BCUT2D eigenvalue weighted by Crippen LogP contribution is 2.17. The summed E-state index contributed by atoms with van der Waals surface area (Å²) in [7, 11) is 0. The summed E-state index contributed by atoms with van der Waals surface area (Å²) in [5.74, 6) is -0.940. The van der Waals surface area contributed by atoms with E-state index in [9.17, 15) is 4.79 Å². The first-order chi connectivity index (χ1) is 8.99. The summed E-state index contributed by atoms with van der Waals surface area (Å²) in [5.41, 5.74) is 10.2. The molecule has 0 saturated heterocycles. The predicted molar refractivity (Wildman–Crippen MR) is 73.3 cm³/mol. The lowest BCUT2D eigenvalue weighted by Crippen LogP contribution is -2.03. The number of carboxylic acids is 1. The van der Waals surface area contributed by atoms with Crippen molar-refractivity contribution in [2.24, 2.45) is 0 Å². The lowest BCUT2D eigenvalue weighted by Gasteiger charge is -2.04.